The molecule has 0 unspecified atom stereocenters. The Balaban J connectivity index is 1.54. The Hall–Kier alpha value is -2.97. The number of imide groups is 1. The number of hydrogen-bond acceptors (Lipinski definition) is 5. The van der Waals surface area contributed by atoms with Gasteiger partial charge in [0.05, 0.1) is 0 Å². The molecule has 2 saturated heterocycles. The summed E-state index contributed by atoms with van der Waals surface area (Å²) in [4.78, 5) is 47.9. The summed E-state index contributed by atoms with van der Waals surface area (Å²) < 4.78 is 1.61. The van der Waals surface area contributed by atoms with Crippen molar-refractivity contribution in [2.75, 3.05) is 26.2 Å². The van der Waals surface area contributed by atoms with Crippen LogP contribution in [0, 0.1) is 5.92 Å². The van der Waals surface area contributed by atoms with E-state index in [1.54, 1.807) is 32.6 Å². The molecule has 0 aliphatic carbocycles. The van der Waals surface area contributed by atoms with Crippen molar-refractivity contribution in [3.05, 3.63) is 30.2 Å². The smallest absolute Gasteiger partial charge is 0.327 e. The topological polar surface area (TPSA) is 91.1 Å². The Morgan fingerprint density at radius 1 is 1.24 bits per heavy atom. The summed E-state index contributed by atoms with van der Waals surface area (Å²) in [5.41, 5.74) is 0.331. The fraction of sp³-hybridized carbons (Fsp3) is 0.550. The van der Waals surface area contributed by atoms with Gasteiger partial charge in [-0.15, -0.1) is 0 Å². The second-order valence-corrected chi connectivity index (χ2v) is 8.14. The van der Waals surface area contributed by atoms with Crippen molar-refractivity contribution in [1.29, 1.82) is 0 Å². The van der Waals surface area contributed by atoms with Gasteiger partial charge in [-0.05, 0) is 37.8 Å². The normalized spacial score (nSPS) is 19.2. The van der Waals surface area contributed by atoms with Crippen LogP contribution in [0.2, 0.25) is 0 Å². The molecule has 4 heterocycles. The van der Waals surface area contributed by atoms with Gasteiger partial charge in [0, 0.05) is 37.9 Å². The largest absolute Gasteiger partial charge is 0.338 e. The Kier molecular flexibility index (Phi) is 4.76. The summed E-state index contributed by atoms with van der Waals surface area (Å²) in [6.07, 6.45) is 4.07. The molecule has 0 saturated carbocycles. The zero-order valence-electron chi connectivity index (χ0n) is 17.0. The summed E-state index contributed by atoms with van der Waals surface area (Å²) in [5, 5.41) is 4.04. The van der Waals surface area contributed by atoms with E-state index in [9.17, 15) is 14.4 Å². The van der Waals surface area contributed by atoms with Crippen LogP contribution in [-0.4, -0.2) is 78.9 Å². The van der Waals surface area contributed by atoms with E-state index in [-0.39, 0.29) is 23.8 Å². The van der Waals surface area contributed by atoms with E-state index in [0.29, 0.717) is 50.2 Å². The highest BCUT2D eigenvalue weighted by molar-refractivity contribution is 6.07. The highest BCUT2D eigenvalue weighted by atomic mass is 16.2. The number of likely N-dealkylation sites (tertiary alicyclic amines) is 1. The number of piperidine rings is 1. The lowest BCUT2D eigenvalue weighted by atomic mass is 9.85. The summed E-state index contributed by atoms with van der Waals surface area (Å²) in [6, 6.07) is 3.24. The highest BCUT2D eigenvalue weighted by Crippen LogP contribution is 2.38. The number of aromatic nitrogens is 3. The first-order chi connectivity index (χ1) is 13.9. The van der Waals surface area contributed by atoms with E-state index in [0.717, 1.165) is 0 Å². The van der Waals surface area contributed by atoms with Gasteiger partial charge in [-0.1, -0.05) is 13.8 Å². The molecule has 0 atom stereocenters. The maximum absolute atomic E-state index is 13.1. The lowest BCUT2D eigenvalue weighted by Gasteiger charge is -2.42. The quantitative estimate of drug-likeness (QED) is 0.731. The van der Waals surface area contributed by atoms with Crippen LogP contribution in [0.25, 0.3) is 5.65 Å². The van der Waals surface area contributed by atoms with Crippen LogP contribution in [0.15, 0.2) is 24.7 Å². The fourth-order valence-electron chi connectivity index (χ4n) is 4.37. The molecule has 0 N–H and O–H groups in total. The van der Waals surface area contributed by atoms with Gasteiger partial charge in [-0.3, -0.25) is 14.5 Å². The number of amides is 4. The van der Waals surface area contributed by atoms with E-state index >= 15 is 0 Å². The van der Waals surface area contributed by atoms with Crippen LogP contribution in [0.4, 0.5) is 4.79 Å². The van der Waals surface area contributed by atoms with Gasteiger partial charge >= 0.3 is 6.03 Å². The first-order valence-corrected chi connectivity index (χ1v) is 10.1. The van der Waals surface area contributed by atoms with Crippen molar-refractivity contribution in [2.45, 2.75) is 39.2 Å². The Labute approximate surface area is 169 Å². The number of pyridine rings is 1. The average molecular weight is 398 g/mol. The number of nitrogens with zero attached hydrogens (tertiary/aromatic N) is 6. The van der Waals surface area contributed by atoms with E-state index in [2.05, 4.69) is 10.1 Å². The maximum atomic E-state index is 13.1. The first-order valence-electron chi connectivity index (χ1n) is 10.1. The van der Waals surface area contributed by atoms with E-state index in [1.807, 2.05) is 20.8 Å². The van der Waals surface area contributed by atoms with Crippen molar-refractivity contribution in [2.24, 2.45) is 5.92 Å². The van der Waals surface area contributed by atoms with Gasteiger partial charge in [-0.25, -0.2) is 14.3 Å². The van der Waals surface area contributed by atoms with Crippen molar-refractivity contribution in [3.63, 3.8) is 0 Å². The number of hydrogen-bond donors (Lipinski definition) is 0. The van der Waals surface area contributed by atoms with Gasteiger partial charge in [0.15, 0.2) is 5.65 Å². The van der Waals surface area contributed by atoms with Gasteiger partial charge in [0.1, 0.15) is 11.9 Å². The number of carbonyl (C=O) groups is 3. The van der Waals surface area contributed by atoms with Crippen LogP contribution < -0.4 is 0 Å². The van der Waals surface area contributed by atoms with Crippen molar-refractivity contribution >= 4 is 23.5 Å². The molecule has 29 heavy (non-hydrogen) atoms. The predicted octanol–water partition coefficient (Wildman–Crippen LogP) is 1.64. The van der Waals surface area contributed by atoms with Gasteiger partial charge in [0.25, 0.3) is 11.8 Å². The average Bonchev–Trinajstić information content (AvgIpc) is 3.25. The molecular weight excluding hydrogens is 372 g/mol. The van der Waals surface area contributed by atoms with Gasteiger partial charge in [-0.2, -0.15) is 5.10 Å². The molecule has 2 aliphatic rings. The minimum Gasteiger partial charge on any atom is -0.338 e. The van der Waals surface area contributed by atoms with Crippen LogP contribution in [0.3, 0.4) is 0 Å². The summed E-state index contributed by atoms with van der Waals surface area (Å²) in [7, 11) is 0. The third kappa shape index (κ3) is 3.04. The lowest BCUT2D eigenvalue weighted by Crippen LogP contribution is -2.58. The van der Waals surface area contributed by atoms with E-state index in [1.165, 1.54) is 11.2 Å². The molecule has 9 nitrogen and oxygen atoms in total. The molecule has 0 aromatic carbocycles. The molecule has 2 aromatic rings. The molecule has 2 fully saturated rings. The molecule has 2 aliphatic heterocycles. The standard InChI is InChI=1S/C20H26N6O3/c1-4-24-18(28)20(25(19(24)29)12-14(2)3)6-9-23(10-7-20)17(27)15-5-8-26-16(11-15)21-13-22-26/h5,8,11,13-14H,4,6-7,9-10,12H2,1-3H3. The second-order valence-electron chi connectivity index (χ2n) is 8.14. The molecule has 0 radical (unpaired) electrons. The molecule has 1 spiro atoms. The highest BCUT2D eigenvalue weighted by Gasteiger charge is 2.57. The zero-order valence-corrected chi connectivity index (χ0v) is 17.0. The fourth-order valence-corrected chi connectivity index (χ4v) is 4.37. The first kappa shape index (κ1) is 19.4. The van der Waals surface area contributed by atoms with Crippen molar-refractivity contribution in [3.8, 4) is 0 Å². The zero-order chi connectivity index (χ0) is 20.8. The monoisotopic (exact) mass is 398 g/mol. The van der Waals surface area contributed by atoms with Crippen molar-refractivity contribution < 1.29 is 14.4 Å². The van der Waals surface area contributed by atoms with Crippen molar-refractivity contribution in [1.82, 2.24) is 29.3 Å². The minimum absolute atomic E-state index is 0.0927. The SMILES string of the molecule is CCN1C(=O)N(CC(C)C)C2(CCN(C(=O)c3ccn4ncnc4c3)CC2)C1=O. The maximum Gasteiger partial charge on any atom is 0.327 e. The summed E-state index contributed by atoms with van der Waals surface area (Å²) in [6.45, 7) is 7.68. The van der Waals surface area contributed by atoms with Crippen LogP contribution in [0.1, 0.15) is 44.0 Å². The number of fused-ring (bicyclic) bond motifs is 1. The third-order valence-electron chi connectivity index (χ3n) is 5.89. The van der Waals surface area contributed by atoms with Gasteiger partial charge in [0.2, 0.25) is 0 Å². The second kappa shape index (κ2) is 7.13. The van der Waals surface area contributed by atoms with Crippen LogP contribution in [-0.2, 0) is 4.79 Å². The number of urea groups is 1. The molecular formula is C20H26N6O3. The number of likely N-dealkylation sites (N-methyl/N-ethyl adjacent to an activating group) is 1. The number of carbonyl (C=O) groups excluding carboxylic acids is 3. The minimum atomic E-state index is -0.828. The summed E-state index contributed by atoms with van der Waals surface area (Å²) in [5.74, 6) is 0.0440. The Morgan fingerprint density at radius 3 is 2.62 bits per heavy atom. The molecule has 4 rings (SSSR count). The van der Waals surface area contributed by atoms with Crippen LogP contribution >= 0.6 is 0 Å². The number of rotatable bonds is 4. The third-order valence-corrected chi connectivity index (χ3v) is 5.89. The molecule has 4 amide bonds. The predicted molar refractivity (Wildman–Crippen MR) is 105 cm³/mol. The van der Waals surface area contributed by atoms with Crippen LogP contribution in [0.5, 0.6) is 0 Å². The molecule has 9 heteroatoms. The Bertz CT molecular complexity index is 960. The Morgan fingerprint density at radius 2 is 1.97 bits per heavy atom. The molecule has 0 bridgehead atoms. The molecule has 2 aromatic heterocycles. The lowest BCUT2D eigenvalue weighted by molar-refractivity contribution is -0.135. The summed E-state index contributed by atoms with van der Waals surface area (Å²) >= 11 is 0. The van der Waals surface area contributed by atoms with E-state index in [4.69, 9.17) is 0 Å². The van der Waals surface area contributed by atoms with Gasteiger partial charge < -0.3 is 9.80 Å². The molecule has 154 valence electrons. The van der Waals surface area contributed by atoms with E-state index < -0.39 is 5.54 Å².